The van der Waals surface area contributed by atoms with Crippen LogP contribution in [-0.4, -0.2) is 54.7 Å². The number of hydrogen-bond acceptors (Lipinski definition) is 7. The molecule has 4 rings (SSSR count). The van der Waals surface area contributed by atoms with Gasteiger partial charge in [0.1, 0.15) is 11.8 Å². The Kier molecular flexibility index (Phi) is 3.39. The molecule has 22 heavy (non-hydrogen) atoms. The van der Waals surface area contributed by atoms with E-state index in [2.05, 4.69) is 35.6 Å². The van der Waals surface area contributed by atoms with Gasteiger partial charge in [0.25, 0.3) is 0 Å². The van der Waals surface area contributed by atoms with E-state index in [4.69, 9.17) is 4.74 Å². The Hall–Kier alpha value is -2.55. The molecule has 0 spiro atoms. The molecule has 114 valence electrons. The molecule has 2 N–H and O–H groups in total. The standard InChI is InChI=1S/C13H16N8O/c1(9-5-21(20-19-9)10-2-4-22-6-10)3-14-12-11-13(16-7-15-11)18-8-17-12/h5,7-8,10H,1-4,6H2,(H2,14,15,16,17,18). The van der Waals surface area contributed by atoms with Crippen molar-refractivity contribution in [2.45, 2.75) is 18.9 Å². The predicted octanol–water partition coefficient (Wildman–Crippen LogP) is 0.560. The lowest BCUT2D eigenvalue weighted by atomic mass is 10.2. The van der Waals surface area contributed by atoms with Crippen molar-refractivity contribution in [1.29, 1.82) is 0 Å². The number of aromatic nitrogens is 7. The first-order valence-corrected chi connectivity index (χ1v) is 7.26. The zero-order valence-electron chi connectivity index (χ0n) is 11.9. The van der Waals surface area contributed by atoms with Gasteiger partial charge in [0.2, 0.25) is 0 Å². The van der Waals surface area contributed by atoms with Crippen LogP contribution in [0.4, 0.5) is 5.82 Å². The highest BCUT2D eigenvalue weighted by Crippen LogP contribution is 2.18. The number of H-pyrrole nitrogens is 1. The molecular formula is C13H16N8O. The second kappa shape index (κ2) is 5.68. The maximum absolute atomic E-state index is 5.37. The smallest absolute Gasteiger partial charge is 0.182 e. The van der Waals surface area contributed by atoms with Gasteiger partial charge in [-0.3, -0.25) is 0 Å². The van der Waals surface area contributed by atoms with Gasteiger partial charge in [0, 0.05) is 25.8 Å². The number of ether oxygens (including phenoxy) is 1. The second-order valence-electron chi connectivity index (χ2n) is 5.21. The molecule has 0 amide bonds. The van der Waals surface area contributed by atoms with Crippen LogP contribution in [0.1, 0.15) is 18.2 Å². The molecule has 9 nitrogen and oxygen atoms in total. The van der Waals surface area contributed by atoms with Gasteiger partial charge < -0.3 is 15.0 Å². The van der Waals surface area contributed by atoms with E-state index in [0.29, 0.717) is 18.2 Å². The van der Waals surface area contributed by atoms with Gasteiger partial charge in [-0.15, -0.1) is 5.10 Å². The van der Waals surface area contributed by atoms with Crippen molar-refractivity contribution in [3.8, 4) is 0 Å². The van der Waals surface area contributed by atoms with E-state index in [0.717, 1.165) is 43.1 Å². The van der Waals surface area contributed by atoms with E-state index in [9.17, 15) is 0 Å². The molecule has 1 saturated heterocycles. The van der Waals surface area contributed by atoms with Crippen LogP contribution in [-0.2, 0) is 11.2 Å². The van der Waals surface area contributed by atoms with Gasteiger partial charge in [-0.05, 0) is 6.42 Å². The van der Waals surface area contributed by atoms with Crippen LogP contribution in [0.3, 0.4) is 0 Å². The van der Waals surface area contributed by atoms with Crippen LogP contribution >= 0.6 is 0 Å². The molecule has 1 atom stereocenters. The number of rotatable bonds is 5. The summed E-state index contributed by atoms with van der Waals surface area (Å²) in [6.45, 7) is 2.24. The molecule has 1 aliphatic heterocycles. The predicted molar refractivity (Wildman–Crippen MR) is 78.4 cm³/mol. The molecule has 1 aliphatic rings. The van der Waals surface area contributed by atoms with E-state index in [1.165, 1.54) is 6.33 Å². The third-order valence-corrected chi connectivity index (χ3v) is 3.73. The summed E-state index contributed by atoms with van der Waals surface area (Å²) in [6.07, 6.45) is 6.88. The molecule has 0 radical (unpaired) electrons. The van der Waals surface area contributed by atoms with Gasteiger partial charge >= 0.3 is 0 Å². The van der Waals surface area contributed by atoms with E-state index >= 15 is 0 Å². The van der Waals surface area contributed by atoms with Gasteiger partial charge in [-0.1, -0.05) is 5.21 Å². The molecule has 4 heterocycles. The second-order valence-corrected chi connectivity index (χ2v) is 5.21. The summed E-state index contributed by atoms with van der Waals surface area (Å²) in [5.74, 6) is 0.749. The van der Waals surface area contributed by atoms with Crippen molar-refractivity contribution in [3.63, 3.8) is 0 Å². The molecule has 1 fully saturated rings. The normalized spacial score (nSPS) is 18.1. The fourth-order valence-electron chi connectivity index (χ4n) is 2.55. The lowest BCUT2D eigenvalue weighted by molar-refractivity contribution is 0.184. The number of nitrogens with one attached hydrogen (secondary N) is 2. The van der Waals surface area contributed by atoms with Crippen molar-refractivity contribution >= 4 is 17.0 Å². The number of hydrogen-bond donors (Lipinski definition) is 2. The minimum Gasteiger partial charge on any atom is -0.379 e. The summed E-state index contributed by atoms with van der Waals surface area (Å²) in [4.78, 5) is 15.5. The molecule has 9 heteroatoms. The highest BCUT2D eigenvalue weighted by Gasteiger charge is 2.18. The summed E-state index contributed by atoms with van der Waals surface area (Å²) in [6, 6.07) is 0.320. The Morgan fingerprint density at radius 3 is 3.27 bits per heavy atom. The van der Waals surface area contributed by atoms with E-state index in [1.54, 1.807) is 6.33 Å². The minimum absolute atomic E-state index is 0.320. The summed E-state index contributed by atoms with van der Waals surface area (Å²) < 4.78 is 7.27. The number of nitrogens with zero attached hydrogens (tertiary/aromatic N) is 6. The Balaban J connectivity index is 1.38. The Labute approximate surface area is 126 Å². The quantitative estimate of drug-likeness (QED) is 0.709. The van der Waals surface area contributed by atoms with Crippen LogP contribution in [0.2, 0.25) is 0 Å². The summed E-state index contributed by atoms with van der Waals surface area (Å²) in [5, 5.41) is 11.7. The highest BCUT2D eigenvalue weighted by atomic mass is 16.5. The molecule has 1 unspecified atom stereocenters. The minimum atomic E-state index is 0.320. The van der Waals surface area contributed by atoms with Crippen LogP contribution in [0.25, 0.3) is 11.2 Å². The number of aromatic amines is 1. The number of fused-ring (bicyclic) bond motifs is 1. The first kappa shape index (κ1) is 13.1. The first-order valence-electron chi connectivity index (χ1n) is 7.26. The van der Waals surface area contributed by atoms with E-state index in [1.807, 2.05) is 10.9 Å². The van der Waals surface area contributed by atoms with Crippen molar-refractivity contribution in [1.82, 2.24) is 34.9 Å². The molecule has 3 aromatic heterocycles. The average molecular weight is 300 g/mol. The van der Waals surface area contributed by atoms with Gasteiger partial charge in [-0.2, -0.15) is 0 Å². The third kappa shape index (κ3) is 2.50. The van der Waals surface area contributed by atoms with E-state index < -0.39 is 0 Å². The zero-order chi connectivity index (χ0) is 14.8. The van der Waals surface area contributed by atoms with Crippen molar-refractivity contribution < 1.29 is 4.74 Å². The Morgan fingerprint density at radius 2 is 2.36 bits per heavy atom. The SMILES string of the molecule is c1nc(NCCc2cn(C3CCOC3)nn2)c2[nH]cnc2n1. The maximum Gasteiger partial charge on any atom is 0.182 e. The molecule has 0 aliphatic carbocycles. The monoisotopic (exact) mass is 300 g/mol. The summed E-state index contributed by atoms with van der Waals surface area (Å²) in [5.41, 5.74) is 2.42. The molecule has 0 aromatic carbocycles. The largest absolute Gasteiger partial charge is 0.379 e. The fraction of sp³-hybridized carbons (Fsp3) is 0.462. The maximum atomic E-state index is 5.37. The zero-order valence-corrected chi connectivity index (χ0v) is 11.9. The number of imidazole rings is 1. The van der Waals surface area contributed by atoms with Crippen LogP contribution < -0.4 is 5.32 Å². The van der Waals surface area contributed by atoms with E-state index in [-0.39, 0.29) is 0 Å². The van der Waals surface area contributed by atoms with Crippen LogP contribution in [0.5, 0.6) is 0 Å². The summed E-state index contributed by atoms with van der Waals surface area (Å²) >= 11 is 0. The van der Waals surface area contributed by atoms with Crippen molar-refractivity contribution in [3.05, 3.63) is 24.5 Å². The Bertz CT molecular complexity index is 760. The lowest BCUT2D eigenvalue weighted by Gasteiger charge is -2.05. The average Bonchev–Trinajstić information content (AvgIpc) is 3.28. The molecule has 0 bridgehead atoms. The topological polar surface area (TPSA) is 106 Å². The van der Waals surface area contributed by atoms with Gasteiger partial charge in [0.15, 0.2) is 11.5 Å². The number of anilines is 1. The van der Waals surface area contributed by atoms with Crippen LogP contribution in [0.15, 0.2) is 18.9 Å². The van der Waals surface area contributed by atoms with Gasteiger partial charge in [-0.25, -0.2) is 19.6 Å². The summed E-state index contributed by atoms with van der Waals surface area (Å²) in [7, 11) is 0. The lowest BCUT2D eigenvalue weighted by Crippen LogP contribution is -2.09. The first-order chi connectivity index (χ1) is 10.9. The third-order valence-electron chi connectivity index (χ3n) is 3.73. The van der Waals surface area contributed by atoms with Crippen molar-refractivity contribution in [2.24, 2.45) is 0 Å². The van der Waals surface area contributed by atoms with Crippen LogP contribution in [0, 0.1) is 0 Å². The molecule has 3 aromatic rings. The molecule has 0 saturated carbocycles. The highest BCUT2D eigenvalue weighted by molar-refractivity contribution is 5.81. The molecular weight excluding hydrogens is 284 g/mol. The van der Waals surface area contributed by atoms with Crippen molar-refractivity contribution in [2.75, 3.05) is 25.1 Å². The van der Waals surface area contributed by atoms with Gasteiger partial charge in [0.05, 0.1) is 24.7 Å². The fourth-order valence-corrected chi connectivity index (χ4v) is 2.55. The Morgan fingerprint density at radius 1 is 1.36 bits per heavy atom.